The van der Waals surface area contributed by atoms with E-state index < -0.39 is 0 Å². The van der Waals surface area contributed by atoms with Gasteiger partial charge in [0.2, 0.25) is 11.8 Å². The van der Waals surface area contributed by atoms with E-state index in [0.29, 0.717) is 44.5 Å². The number of rotatable bonds is 7. The molecule has 0 bridgehead atoms. The van der Waals surface area contributed by atoms with Crippen LogP contribution in [-0.2, 0) is 22.4 Å². The van der Waals surface area contributed by atoms with Crippen molar-refractivity contribution in [2.45, 2.75) is 25.7 Å². The summed E-state index contributed by atoms with van der Waals surface area (Å²) in [5.74, 6) is 0.430. The third kappa shape index (κ3) is 5.79. The number of amides is 2. The van der Waals surface area contributed by atoms with Gasteiger partial charge in [0.25, 0.3) is 0 Å². The van der Waals surface area contributed by atoms with E-state index in [4.69, 9.17) is 4.74 Å². The summed E-state index contributed by atoms with van der Waals surface area (Å²) in [6.45, 7) is 1.66. The van der Waals surface area contributed by atoms with E-state index >= 15 is 0 Å². The minimum atomic E-state index is -0.334. The first-order chi connectivity index (χ1) is 14.1. The molecule has 0 atom stereocenters. The van der Waals surface area contributed by atoms with Gasteiger partial charge in [0.05, 0.1) is 13.5 Å². The van der Waals surface area contributed by atoms with Crippen LogP contribution in [0.3, 0.4) is 0 Å². The maximum atomic E-state index is 13.3. The zero-order valence-corrected chi connectivity index (χ0v) is 16.7. The number of piperidine rings is 1. The van der Waals surface area contributed by atoms with E-state index in [9.17, 15) is 14.0 Å². The molecule has 1 heterocycles. The van der Waals surface area contributed by atoms with E-state index in [1.165, 1.54) is 12.1 Å². The molecule has 0 saturated carbocycles. The molecule has 0 aliphatic carbocycles. The van der Waals surface area contributed by atoms with Crippen molar-refractivity contribution in [2.24, 2.45) is 5.92 Å². The molecule has 0 radical (unpaired) electrons. The molecule has 1 aliphatic heterocycles. The zero-order chi connectivity index (χ0) is 20.6. The second-order valence-electron chi connectivity index (χ2n) is 7.31. The van der Waals surface area contributed by atoms with Crippen LogP contribution >= 0.6 is 0 Å². The number of benzene rings is 2. The maximum absolute atomic E-state index is 13.3. The molecule has 2 aromatic carbocycles. The molecule has 154 valence electrons. The lowest BCUT2D eigenvalue weighted by atomic mass is 9.95. The van der Waals surface area contributed by atoms with Crippen molar-refractivity contribution in [3.8, 4) is 5.75 Å². The molecule has 5 nitrogen and oxygen atoms in total. The Balaban J connectivity index is 1.41. The average molecular weight is 398 g/mol. The average Bonchev–Trinajstić information content (AvgIpc) is 2.74. The van der Waals surface area contributed by atoms with Crippen LogP contribution in [0.5, 0.6) is 5.75 Å². The van der Waals surface area contributed by atoms with Gasteiger partial charge in [-0.1, -0.05) is 30.3 Å². The Morgan fingerprint density at radius 1 is 1.14 bits per heavy atom. The molecule has 1 aliphatic rings. The Bertz CT molecular complexity index is 848. The number of methoxy groups -OCH3 is 1. The van der Waals surface area contributed by atoms with Crippen molar-refractivity contribution in [3.05, 3.63) is 65.5 Å². The van der Waals surface area contributed by atoms with Crippen molar-refractivity contribution in [2.75, 3.05) is 26.7 Å². The first-order valence-electron chi connectivity index (χ1n) is 9.98. The number of para-hydroxylation sites is 1. The SMILES string of the molecule is COc1ccccc1CCNC(=O)C1CCN(C(=O)Cc2cccc(F)c2)CC1. The van der Waals surface area contributed by atoms with Gasteiger partial charge in [0, 0.05) is 25.6 Å². The Morgan fingerprint density at radius 2 is 1.90 bits per heavy atom. The van der Waals surface area contributed by atoms with Gasteiger partial charge in [0.15, 0.2) is 0 Å². The van der Waals surface area contributed by atoms with E-state index in [0.717, 1.165) is 11.3 Å². The number of ether oxygens (including phenoxy) is 1. The molecule has 1 fully saturated rings. The number of nitrogens with one attached hydrogen (secondary N) is 1. The highest BCUT2D eigenvalue weighted by Gasteiger charge is 2.27. The van der Waals surface area contributed by atoms with Gasteiger partial charge < -0.3 is 15.0 Å². The van der Waals surface area contributed by atoms with Crippen molar-refractivity contribution < 1.29 is 18.7 Å². The van der Waals surface area contributed by atoms with Gasteiger partial charge in [0.1, 0.15) is 11.6 Å². The largest absolute Gasteiger partial charge is 0.496 e. The van der Waals surface area contributed by atoms with Gasteiger partial charge in [-0.3, -0.25) is 9.59 Å². The maximum Gasteiger partial charge on any atom is 0.226 e. The van der Waals surface area contributed by atoms with Crippen molar-refractivity contribution in [1.82, 2.24) is 10.2 Å². The summed E-state index contributed by atoms with van der Waals surface area (Å²) in [4.78, 5) is 26.7. The monoisotopic (exact) mass is 398 g/mol. The van der Waals surface area contributed by atoms with Gasteiger partial charge in [-0.15, -0.1) is 0 Å². The molecule has 6 heteroatoms. The molecule has 3 rings (SSSR count). The quantitative estimate of drug-likeness (QED) is 0.780. The molecule has 0 spiro atoms. The van der Waals surface area contributed by atoms with Crippen LogP contribution in [0.4, 0.5) is 4.39 Å². The van der Waals surface area contributed by atoms with Gasteiger partial charge in [-0.05, 0) is 48.6 Å². The fraction of sp³-hybridized carbons (Fsp3) is 0.391. The fourth-order valence-corrected chi connectivity index (χ4v) is 3.70. The van der Waals surface area contributed by atoms with Crippen molar-refractivity contribution in [1.29, 1.82) is 0 Å². The summed E-state index contributed by atoms with van der Waals surface area (Å²) in [7, 11) is 1.64. The Hall–Kier alpha value is -2.89. The first-order valence-corrected chi connectivity index (χ1v) is 9.98. The summed E-state index contributed by atoms with van der Waals surface area (Å²) in [6, 6.07) is 13.9. The highest BCUT2D eigenvalue weighted by atomic mass is 19.1. The summed E-state index contributed by atoms with van der Waals surface area (Å²) in [5, 5.41) is 3.00. The minimum absolute atomic E-state index is 0.0226. The van der Waals surface area contributed by atoms with E-state index in [2.05, 4.69) is 5.32 Å². The van der Waals surface area contributed by atoms with E-state index in [1.807, 2.05) is 24.3 Å². The number of carbonyl (C=O) groups excluding carboxylic acids is 2. The predicted octanol–water partition coefficient (Wildman–Crippen LogP) is 2.97. The summed E-state index contributed by atoms with van der Waals surface area (Å²) in [5.41, 5.74) is 1.74. The van der Waals surface area contributed by atoms with Crippen molar-refractivity contribution in [3.63, 3.8) is 0 Å². The lowest BCUT2D eigenvalue weighted by Gasteiger charge is -2.31. The van der Waals surface area contributed by atoms with Gasteiger partial charge >= 0.3 is 0 Å². The van der Waals surface area contributed by atoms with E-state index in [-0.39, 0.29) is 30.0 Å². The van der Waals surface area contributed by atoms with Crippen LogP contribution in [0, 0.1) is 11.7 Å². The van der Waals surface area contributed by atoms with Crippen LogP contribution < -0.4 is 10.1 Å². The Morgan fingerprint density at radius 3 is 2.62 bits per heavy atom. The highest BCUT2D eigenvalue weighted by molar-refractivity contribution is 5.81. The van der Waals surface area contributed by atoms with Gasteiger partial charge in [-0.2, -0.15) is 0 Å². The second-order valence-corrected chi connectivity index (χ2v) is 7.31. The standard InChI is InChI=1S/C23H27FN2O3/c1-29-21-8-3-2-6-18(21)9-12-25-23(28)19-10-13-26(14-11-19)22(27)16-17-5-4-7-20(24)15-17/h2-8,15,19H,9-14,16H2,1H3,(H,25,28). The predicted molar refractivity (Wildman–Crippen MR) is 109 cm³/mol. The second kappa shape index (κ2) is 10.0. The number of hydrogen-bond acceptors (Lipinski definition) is 3. The molecule has 1 N–H and O–H groups in total. The zero-order valence-electron chi connectivity index (χ0n) is 16.7. The van der Waals surface area contributed by atoms with Crippen LogP contribution in [0.2, 0.25) is 0 Å². The van der Waals surface area contributed by atoms with Gasteiger partial charge in [-0.25, -0.2) is 4.39 Å². The van der Waals surface area contributed by atoms with Crippen LogP contribution in [0.25, 0.3) is 0 Å². The van der Waals surface area contributed by atoms with Crippen LogP contribution in [-0.4, -0.2) is 43.5 Å². The third-order valence-corrected chi connectivity index (χ3v) is 5.35. The Labute approximate surface area is 170 Å². The third-order valence-electron chi connectivity index (χ3n) is 5.35. The summed E-state index contributed by atoms with van der Waals surface area (Å²) < 4.78 is 18.6. The normalized spacial score (nSPS) is 14.5. The molecular formula is C23H27FN2O3. The number of halogens is 1. The van der Waals surface area contributed by atoms with Crippen LogP contribution in [0.15, 0.2) is 48.5 Å². The van der Waals surface area contributed by atoms with E-state index in [1.54, 1.807) is 24.1 Å². The number of carbonyl (C=O) groups is 2. The molecule has 0 unspecified atom stereocenters. The molecule has 0 aromatic heterocycles. The smallest absolute Gasteiger partial charge is 0.226 e. The summed E-state index contributed by atoms with van der Waals surface area (Å²) in [6.07, 6.45) is 2.19. The first kappa shape index (κ1) is 20.8. The lowest BCUT2D eigenvalue weighted by molar-refractivity contribution is -0.135. The fourth-order valence-electron chi connectivity index (χ4n) is 3.70. The highest BCUT2D eigenvalue weighted by Crippen LogP contribution is 2.20. The summed E-state index contributed by atoms with van der Waals surface area (Å²) >= 11 is 0. The van der Waals surface area contributed by atoms with Crippen molar-refractivity contribution >= 4 is 11.8 Å². The van der Waals surface area contributed by atoms with Crippen LogP contribution in [0.1, 0.15) is 24.0 Å². The topological polar surface area (TPSA) is 58.6 Å². The lowest BCUT2D eigenvalue weighted by Crippen LogP contribution is -2.43. The molecule has 2 aromatic rings. The molecular weight excluding hydrogens is 371 g/mol. The number of likely N-dealkylation sites (tertiary alicyclic amines) is 1. The molecule has 2 amide bonds. The number of nitrogens with zero attached hydrogens (tertiary/aromatic N) is 1. The minimum Gasteiger partial charge on any atom is -0.496 e. The Kier molecular flexibility index (Phi) is 7.22. The number of hydrogen-bond donors (Lipinski definition) is 1. The molecule has 1 saturated heterocycles. The molecule has 29 heavy (non-hydrogen) atoms.